The largest absolute Gasteiger partial charge is 0.314 e. The molecule has 0 bridgehead atoms. The normalized spacial score (nSPS) is 27.8. The highest BCUT2D eigenvalue weighted by molar-refractivity contribution is 9.11. The third-order valence-corrected chi connectivity index (χ3v) is 6.46. The zero-order valence-corrected chi connectivity index (χ0v) is 15.6. The second-order valence-corrected chi connectivity index (χ2v) is 9.61. The van der Waals surface area contributed by atoms with Crippen molar-refractivity contribution in [2.75, 3.05) is 6.54 Å². The molecule has 0 spiro atoms. The molecule has 3 unspecified atom stereocenters. The first-order chi connectivity index (χ1) is 9.42. The van der Waals surface area contributed by atoms with Crippen molar-refractivity contribution >= 4 is 27.3 Å². The van der Waals surface area contributed by atoms with Crippen molar-refractivity contribution in [2.45, 2.75) is 59.4 Å². The summed E-state index contributed by atoms with van der Waals surface area (Å²) in [4.78, 5) is 1.51. The Labute approximate surface area is 136 Å². The molecule has 0 aliphatic heterocycles. The lowest BCUT2D eigenvalue weighted by atomic mass is 9.65. The van der Waals surface area contributed by atoms with Crippen LogP contribution in [0.1, 0.15) is 51.8 Å². The lowest BCUT2D eigenvalue weighted by Gasteiger charge is -2.44. The van der Waals surface area contributed by atoms with Crippen LogP contribution in [0.15, 0.2) is 15.9 Å². The van der Waals surface area contributed by atoms with E-state index >= 15 is 0 Å². The van der Waals surface area contributed by atoms with Gasteiger partial charge in [0.2, 0.25) is 0 Å². The molecule has 20 heavy (non-hydrogen) atoms. The summed E-state index contributed by atoms with van der Waals surface area (Å²) in [6, 6.07) is 5.16. The number of rotatable bonds is 5. The van der Waals surface area contributed by atoms with E-state index in [0.29, 0.717) is 11.5 Å². The summed E-state index contributed by atoms with van der Waals surface area (Å²) in [6.07, 6.45) is 5.31. The second-order valence-electron chi connectivity index (χ2n) is 7.06. The van der Waals surface area contributed by atoms with E-state index < -0.39 is 0 Å². The smallest absolute Gasteiger partial charge is 0.0701 e. The van der Waals surface area contributed by atoms with Crippen LogP contribution in [0.2, 0.25) is 0 Å². The summed E-state index contributed by atoms with van der Waals surface area (Å²) >= 11 is 5.48. The van der Waals surface area contributed by atoms with Crippen molar-refractivity contribution in [3.63, 3.8) is 0 Å². The van der Waals surface area contributed by atoms with Gasteiger partial charge in [-0.1, -0.05) is 34.1 Å². The lowest BCUT2D eigenvalue weighted by molar-refractivity contribution is 0.0956. The average molecular weight is 358 g/mol. The molecular formula is C17H28BrNS. The Kier molecular flexibility index (Phi) is 5.72. The quantitative estimate of drug-likeness (QED) is 0.733. The summed E-state index contributed by atoms with van der Waals surface area (Å²) in [5.74, 6) is 1.67. The van der Waals surface area contributed by atoms with Gasteiger partial charge in [-0.05, 0) is 71.1 Å². The molecule has 0 saturated heterocycles. The van der Waals surface area contributed by atoms with Gasteiger partial charge >= 0.3 is 0 Å². The molecule has 1 heterocycles. The van der Waals surface area contributed by atoms with E-state index in [1.54, 1.807) is 0 Å². The Balaban J connectivity index is 2.09. The maximum absolute atomic E-state index is 3.76. The van der Waals surface area contributed by atoms with Gasteiger partial charge in [-0.25, -0.2) is 0 Å². The molecule has 1 aromatic rings. The first-order valence-electron chi connectivity index (χ1n) is 7.90. The molecule has 1 N–H and O–H groups in total. The highest BCUT2D eigenvalue weighted by Crippen LogP contribution is 2.43. The van der Waals surface area contributed by atoms with Crippen LogP contribution in [0.5, 0.6) is 0 Å². The second kappa shape index (κ2) is 6.93. The molecule has 0 amide bonds. The predicted octanol–water partition coefficient (Wildman–Crippen LogP) is 5.49. The Hall–Kier alpha value is 0.140. The first-order valence-corrected chi connectivity index (χ1v) is 9.51. The third-order valence-electron chi connectivity index (χ3n) is 4.84. The van der Waals surface area contributed by atoms with Gasteiger partial charge in [0.05, 0.1) is 3.79 Å². The number of nitrogens with one attached hydrogen (secondary N) is 1. The Morgan fingerprint density at radius 3 is 2.70 bits per heavy atom. The number of thiophene rings is 1. The minimum Gasteiger partial charge on any atom is -0.314 e. The highest BCUT2D eigenvalue weighted by Gasteiger charge is 2.38. The summed E-state index contributed by atoms with van der Waals surface area (Å²) in [6.45, 7) is 10.7. The van der Waals surface area contributed by atoms with E-state index in [4.69, 9.17) is 0 Å². The van der Waals surface area contributed by atoms with Crippen molar-refractivity contribution in [3.05, 3.63) is 20.8 Å². The topological polar surface area (TPSA) is 12.0 Å². The van der Waals surface area contributed by atoms with Gasteiger partial charge in [0.15, 0.2) is 0 Å². The van der Waals surface area contributed by atoms with E-state index in [2.05, 4.69) is 61.1 Å². The van der Waals surface area contributed by atoms with Gasteiger partial charge in [0.25, 0.3) is 0 Å². The molecule has 1 aliphatic rings. The van der Waals surface area contributed by atoms with E-state index in [1.165, 1.54) is 34.3 Å². The molecule has 2 rings (SSSR count). The van der Waals surface area contributed by atoms with Crippen LogP contribution in [0.3, 0.4) is 0 Å². The lowest BCUT2D eigenvalue weighted by Crippen LogP contribution is -2.47. The van der Waals surface area contributed by atoms with Gasteiger partial charge in [0.1, 0.15) is 0 Å². The average Bonchev–Trinajstić information content (AvgIpc) is 2.74. The molecule has 3 heteroatoms. The van der Waals surface area contributed by atoms with E-state index in [1.807, 2.05) is 11.3 Å². The van der Waals surface area contributed by atoms with E-state index in [-0.39, 0.29) is 0 Å². The number of halogens is 1. The van der Waals surface area contributed by atoms with Crippen LogP contribution in [0.4, 0.5) is 0 Å². The molecule has 1 saturated carbocycles. The monoisotopic (exact) mass is 357 g/mol. The van der Waals surface area contributed by atoms with Crippen molar-refractivity contribution < 1.29 is 0 Å². The fourth-order valence-electron chi connectivity index (χ4n) is 3.83. The Bertz CT molecular complexity index is 426. The summed E-state index contributed by atoms with van der Waals surface area (Å²) in [5, 5.41) is 3.76. The maximum Gasteiger partial charge on any atom is 0.0701 e. The molecular weight excluding hydrogens is 330 g/mol. The fourth-order valence-corrected chi connectivity index (χ4v) is 5.55. The van der Waals surface area contributed by atoms with Gasteiger partial charge in [-0.15, -0.1) is 11.3 Å². The molecule has 3 atom stereocenters. The zero-order valence-electron chi connectivity index (χ0n) is 13.2. The van der Waals surface area contributed by atoms with Crippen molar-refractivity contribution in [1.82, 2.24) is 5.32 Å². The summed E-state index contributed by atoms with van der Waals surface area (Å²) < 4.78 is 1.25. The molecule has 1 aromatic heterocycles. The minimum absolute atomic E-state index is 0.372. The fraction of sp³-hybridized carbons (Fsp3) is 0.765. The van der Waals surface area contributed by atoms with Gasteiger partial charge in [-0.2, -0.15) is 0 Å². The van der Waals surface area contributed by atoms with Crippen molar-refractivity contribution in [3.8, 4) is 0 Å². The van der Waals surface area contributed by atoms with Crippen LogP contribution in [0, 0.1) is 17.3 Å². The molecule has 0 aromatic carbocycles. The highest BCUT2D eigenvalue weighted by atomic mass is 79.9. The van der Waals surface area contributed by atoms with Crippen LogP contribution in [0.25, 0.3) is 0 Å². The molecule has 0 radical (unpaired) electrons. The summed E-state index contributed by atoms with van der Waals surface area (Å²) in [7, 11) is 0. The SMILES string of the molecule is CCNC1CC(C)CCC1C(C)(C)Cc1ccc(Br)s1. The van der Waals surface area contributed by atoms with Crippen LogP contribution < -0.4 is 5.32 Å². The zero-order chi connectivity index (χ0) is 14.8. The van der Waals surface area contributed by atoms with Crippen LogP contribution in [-0.4, -0.2) is 12.6 Å². The van der Waals surface area contributed by atoms with Crippen LogP contribution in [-0.2, 0) is 6.42 Å². The molecule has 1 fully saturated rings. The minimum atomic E-state index is 0.372. The third kappa shape index (κ3) is 4.08. The van der Waals surface area contributed by atoms with Gasteiger partial charge in [0, 0.05) is 10.9 Å². The number of hydrogen-bond donors (Lipinski definition) is 1. The van der Waals surface area contributed by atoms with Gasteiger partial charge < -0.3 is 5.32 Å². The van der Waals surface area contributed by atoms with Crippen molar-refractivity contribution in [2.24, 2.45) is 17.3 Å². The van der Waals surface area contributed by atoms with Gasteiger partial charge in [-0.3, -0.25) is 0 Å². The molecule has 1 nitrogen and oxygen atoms in total. The van der Waals surface area contributed by atoms with Crippen molar-refractivity contribution in [1.29, 1.82) is 0 Å². The van der Waals surface area contributed by atoms with Crippen LogP contribution >= 0.6 is 27.3 Å². The summed E-state index contributed by atoms with van der Waals surface area (Å²) in [5.41, 5.74) is 0.372. The Morgan fingerprint density at radius 2 is 2.10 bits per heavy atom. The first kappa shape index (κ1) is 16.5. The molecule has 1 aliphatic carbocycles. The predicted molar refractivity (Wildman–Crippen MR) is 93.5 cm³/mol. The van der Waals surface area contributed by atoms with E-state index in [9.17, 15) is 0 Å². The molecule has 114 valence electrons. The maximum atomic E-state index is 3.76. The number of hydrogen-bond acceptors (Lipinski definition) is 2. The standard InChI is InChI=1S/C17H28BrNS/c1-5-19-15-10-12(2)6-8-14(15)17(3,4)11-13-7-9-16(18)20-13/h7,9,12,14-15,19H,5-6,8,10-11H2,1-4H3. The Morgan fingerprint density at radius 1 is 1.35 bits per heavy atom. The van der Waals surface area contributed by atoms with E-state index in [0.717, 1.165) is 18.4 Å².